The molecule has 0 heterocycles. The molecule has 1 atom stereocenters. The SMILES string of the molecule is C=CCC1(C(C)CCCCCCCC)c2ccccc2-c2ccccc21. The van der Waals surface area contributed by atoms with Gasteiger partial charge in [0.1, 0.15) is 0 Å². The van der Waals surface area contributed by atoms with Crippen LogP contribution < -0.4 is 0 Å². The zero-order chi connectivity index (χ0) is 18.4. The van der Waals surface area contributed by atoms with E-state index in [2.05, 4.69) is 75.0 Å². The lowest BCUT2D eigenvalue weighted by atomic mass is 9.65. The van der Waals surface area contributed by atoms with Crippen molar-refractivity contribution in [2.75, 3.05) is 0 Å². The molecule has 0 nitrogen and oxygen atoms in total. The predicted molar refractivity (Wildman–Crippen MR) is 115 cm³/mol. The molecule has 0 spiro atoms. The van der Waals surface area contributed by atoms with Crippen LogP contribution in [0.5, 0.6) is 0 Å². The first-order valence-electron chi connectivity index (χ1n) is 10.6. The minimum absolute atomic E-state index is 0.0956. The minimum Gasteiger partial charge on any atom is -0.103 e. The molecular formula is C26H34. The Morgan fingerprint density at radius 1 is 0.846 bits per heavy atom. The van der Waals surface area contributed by atoms with Gasteiger partial charge in [-0.25, -0.2) is 0 Å². The lowest BCUT2D eigenvalue weighted by Crippen LogP contribution is -2.32. The molecule has 2 aromatic rings. The van der Waals surface area contributed by atoms with Crippen LogP contribution >= 0.6 is 0 Å². The second kappa shape index (κ2) is 8.71. The lowest BCUT2D eigenvalue weighted by Gasteiger charge is -2.37. The molecule has 1 aliphatic carbocycles. The second-order valence-corrected chi connectivity index (χ2v) is 8.01. The predicted octanol–water partition coefficient (Wildman–Crippen LogP) is 7.92. The van der Waals surface area contributed by atoms with Crippen LogP contribution in [0.3, 0.4) is 0 Å². The zero-order valence-corrected chi connectivity index (χ0v) is 16.6. The Labute approximate surface area is 160 Å². The third-order valence-electron chi connectivity index (χ3n) is 6.40. The highest BCUT2D eigenvalue weighted by atomic mass is 14.5. The molecule has 0 heteroatoms. The first-order valence-corrected chi connectivity index (χ1v) is 10.6. The van der Waals surface area contributed by atoms with Crippen molar-refractivity contribution in [3.8, 4) is 11.1 Å². The number of hydrogen-bond donors (Lipinski definition) is 0. The molecule has 0 N–H and O–H groups in total. The third kappa shape index (κ3) is 3.39. The van der Waals surface area contributed by atoms with Crippen molar-refractivity contribution < 1.29 is 0 Å². The van der Waals surface area contributed by atoms with Gasteiger partial charge in [-0.3, -0.25) is 0 Å². The van der Waals surface area contributed by atoms with Crippen molar-refractivity contribution in [2.45, 2.75) is 70.6 Å². The highest BCUT2D eigenvalue weighted by molar-refractivity contribution is 5.81. The highest BCUT2D eigenvalue weighted by Gasteiger charge is 2.45. The molecule has 2 aromatic carbocycles. The summed E-state index contributed by atoms with van der Waals surface area (Å²) in [7, 11) is 0. The van der Waals surface area contributed by atoms with Gasteiger partial charge in [-0.05, 0) is 41.0 Å². The van der Waals surface area contributed by atoms with Crippen LogP contribution in [0.2, 0.25) is 0 Å². The minimum atomic E-state index is 0.0956. The standard InChI is InChI=1S/C26H34/c1-4-6-7-8-9-10-15-21(3)26(20-5-2)24-18-13-11-16-22(24)23-17-12-14-19-25(23)26/h5,11-14,16-19,21H,2,4,6-10,15,20H2,1,3H3. The molecule has 1 unspecified atom stereocenters. The number of allylic oxidation sites excluding steroid dienone is 1. The molecule has 3 rings (SSSR count). The zero-order valence-electron chi connectivity index (χ0n) is 16.6. The molecule has 0 aromatic heterocycles. The topological polar surface area (TPSA) is 0 Å². The normalized spacial score (nSPS) is 15.3. The molecule has 0 aliphatic heterocycles. The van der Waals surface area contributed by atoms with Gasteiger partial charge in [0.2, 0.25) is 0 Å². The van der Waals surface area contributed by atoms with E-state index in [4.69, 9.17) is 0 Å². The summed E-state index contributed by atoms with van der Waals surface area (Å²) in [5, 5.41) is 0. The van der Waals surface area contributed by atoms with Crippen LogP contribution in [-0.2, 0) is 5.41 Å². The Hall–Kier alpha value is -1.82. The summed E-state index contributed by atoms with van der Waals surface area (Å²) in [4.78, 5) is 0. The third-order valence-corrected chi connectivity index (χ3v) is 6.40. The maximum Gasteiger partial charge on any atom is 0.0274 e. The smallest absolute Gasteiger partial charge is 0.0274 e. The van der Waals surface area contributed by atoms with Gasteiger partial charge in [-0.1, -0.05) is 107 Å². The summed E-state index contributed by atoms with van der Waals surface area (Å²) < 4.78 is 0. The van der Waals surface area contributed by atoms with Crippen LogP contribution in [0.15, 0.2) is 61.2 Å². The van der Waals surface area contributed by atoms with Gasteiger partial charge < -0.3 is 0 Å². The van der Waals surface area contributed by atoms with Gasteiger partial charge >= 0.3 is 0 Å². The summed E-state index contributed by atoms with van der Waals surface area (Å²) in [6.07, 6.45) is 12.7. The summed E-state index contributed by atoms with van der Waals surface area (Å²) >= 11 is 0. The second-order valence-electron chi connectivity index (χ2n) is 8.01. The maximum atomic E-state index is 4.13. The molecule has 0 saturated carbocycles. The Morgan fingerprint density at radius 3 is 1.96 bits per heavy atom. The van der Waals surface area contributed by atoms with Crippen molar-refractivity contribution >= 4 is 0 Å². The van der Waals surface area contributed by atoms with E-state index < -0.39 is 0 Å². The van der Waals surface area contributed by atoms with Gasteiger partial charge in [0.05, 0.1) is 0 Å². The van der Waals surface area contributed by atoms with Gasteiger partial charge in [-0.2, -0.15) is 0 Å². The molecule has 0 saturated heterocycles. The summed E-state index contributed by atoms with van der Waals surface area (Å²) in [5.74, 6) is 0.622. The maximum absolute atomic E-state index is 4.13. The molecule has 0 fully saturated rings. The van der Waals surface area contributed by atoms with Gasteiger partial charge in [0, 0.05) is 5.41 Å². The number of rotatable bonds is 10. The fourth-order valence-corrected chi connectivity index (χ4v) is 5.02. The fraction of sp³-hybridized carbons (Fsp3) is 0.462. The van der Waals surface area contributed by atoms with E-state index in [1.807, 2.05) is 0 Å². The summed E-state index contributed by atoms with van der Waals surface area (Å²) in [6, 6.07) is 18.1. The first kappa shape index (κ1) is 19.0. The number of fused-ring (bicyclic) bond motifs is 3. The van der Waals surface area contributed by atoms with Gasteiger partial charge in [-0.15, -0.1) is 6.58 Å². The van der Waals surface area contributed by atoms with E-state index in [0.29, 0.717) is 5.92 Å². The fourth-order valence-electron chi connectivity index (χ4n) is 5.02. The van der Waals surface area contributed by atoms with Crippen molar-refractivity contribution in [1.82, 2.24) is 0 Å². The van der Waals surface area contributed by atoms with Crippen molar-refractivity contribution in [3.63, 3.8) is 0 Å². The molecule has 0 bridgehead atoms. The monoisotopic (exact) mass is 346 g/mol. The molecule has 138 valence electrons. The molecule has 26 heavy (non-hydrogen) atoms. The van der Waals surface area contributed by atoms with Gasteiger partial charge in [0.15, 0.2) is 0 Å². The average Bonchev–Trinajstić information content (AvgIpc) is 2.96. The number of hydrogen-bond acceptors (Lipinski definition) is 0. The quantitative estimate of drug-likeness (QED) is 0.303. The van der Waals surface area contributed by atoms with Crippen LogP contribution in [0.1, 0.15) is 76.3 Å². The van der Waals surface area contributed by atoms with Crippen LogP contribution in [0, 0.1) is 5.92 Å². The molecule has 0 amide bonds. The summed E-state index contributed by atoms with van der Waals surface area (Å²) in [6.45, 7) is 8.88. The van der Waals surface area contributed by atoms with Crippen molar-refractivity contribution in [2.24, 2.45) is 5.92 Å². The Morgan fingerprint density at radius 2 is 1.38 bits per heavy atom. The van der Waals surface area contributed by atoms with Crippen LogP contribution in [0.4, 0.5) is 0 Å². The largest absolute Gasteiger partial charge is 0.103 e. The Bertz CT molecular complexity index is 679. The number of benzene rings is 2. The average molecular weight is 347 g/mol. The van der Waals surface area contributed by atoms with E-state index >= 15 is 0 Å². The van der Waals surface area contributed by atoms with E-state index in [0.717, 1.165) is 6.42 Å². The van der Waals surface area contributed by atoms with E-state index in [1.54, 1.807) is 0 Å². The van der Waals surface area contributed by atoms with E-state index in [-0.39, 0.29) is 5.41 Å². The van der Waals surface area contributed by atoms with Crippen molar-refractivity contribution in [3.05, 3.63) is 72.3 Å². The van der Waals surface area contributed by atoms with Gasteiger partial charge in [0.25, 0.3) is 0 Å². The highest BCUT2D eigenvalue weighted by Crippen LogP contribution is 2.55. The Balaban J connectivity index is 1.86. The van der Waals surface area contributed by atoms with Crippen LogP contribution in [0.25, 0.3) is 11.1 Å². The lowest BCUT2D eigenvalue weighted by molar-refractivity contribution is 0.322. The summed E-state index contributed by atoms with van der Waals surface area (Å²) in [5.41, 5.74) is 5.98. The Kier molecular flexibility index (Phi) is 6.35. The van der Waals surface area contributed by atoms with Crippen LogP contribution in [-0.4, -0.2) is 0 Å². The first-order chi connectivity index (χ1) is 12.8. The molecule has 1 aliphatic rings. The molecule has 0 radical (unpaired) electrons. The molecular weight excluding hydrogens is 312 g/mol. The van der Waals surface area contributed by atoms with E-state index in [1.165, 1.54) is 67.2 Å². The van der Waals surface area contributed by atoms with E-state index in [9.17, 15) is 0 Å². The van der Waals surface area contributed by atoms with Crippen molar-refractivity contribution in [1.29, 1.82) is 0 Å². The number of unbranched alkanes of at least 4 members (excludes halogenated alkanes) is 5.